The van der Waals surface area contributed by atoms with Crippen LogP contribution in [0.3, 0.4) is 0 Å². The molecule has 0 aromatic heterocycles. The monoisotopic (exact) mass is 242 g/mol. The van der Waals surface area contributed by atoms with Crippen LogP contribution >= 0.6 is 0 Å². The van der Waals surface area contributed by atoms with Crippen molar-refractivity contribution >= 4 is 0 Å². The molecule has 3 heteroatoms. The molecule has 0 amide bonds. The summed E-state index contributed by atoms with van der Waals surface area (Å²) in [4.78, 5) is 2.46. The molecule has 0 bridgehead atoms. The highest BCUT2D eigenvalue weighted by Gasteiger charge is 2.29. The van der Waals surface area contributed by atoms with Crippen molar-refractivity contribution < 1.29 is 5.11 Å². The van der Waals surface area contributed by atoms with Gasteiger partial charge in [-0.15, -0.1) is 0 Å². The number of hydrogen-bond donors (Lipinski definition) is 2. The lowest BCUT2D eigenvalue weighted by atomic mass is 9.75. The Hall–Kier alpha value is -0.120. The summed E-state index contributed by atoms with van der Waals surface area (Å²) in [5.74, 6) is 0.841. The number of likely N-dealkylation sites (tertiary alicyclic amines) is 1. The fourth-order valence-electron chi connectivity index (χ4n) is 2.52. The van der Waals surface area contributed by atoms with Crippen molar-refractivity contribution in [1.29, 1.82) is 0 Å². The molecular weight excluding hydrogens is 212 g/mol. The van der Waals surface area contributed by atoms with Gasteiger partial charge in [-0.05, 0) is 50.6 Å². The lowest BCUT2D eigenvalue weighted by Gasteiger charge is -2.39. The Labute approximate surface area is 106 Å². The average Bonchev–Trinajstić information content (AvgIpc) is 2.26. The Balaban J connectivity index is 2.29. The van der Waals surface area contributed by atoms with E-state index in [0.717, 1.165) is 18.9 Å². The van der Waals surface area contributed by atoms with Gasteiger partial charge in [0.2, 0.25) is 0 Å². The molecule has 1 saturated heterocycles. The minimum Gasteiger partial charge on any atom is -0.389 e. The minimum absolute atomic E-state index is 0.353. The number of aliphatic hydroxyl groups is 1. The number of hydrogen-bond acceptors (Lipinski definition) is 3. The smallest absolute Gasteiger partial charge is 0.0753 e. The van der Waals surface area contributed by atoms with E-state index in [9.17, 15) is 5.11 Å². The van der Waals surface area contributed by atoms with Crippen molar-refractivity contribution in [3.63, 3.8) is 0 Å². The fourth-order valence-corrected chi connectivity index (χ4v) is 2.52. The highest BCUT2D eigenvalue weighted by atomic mass is 16.3. The first kappa shape index (κ1) is 14.9. The molecule has 0 aliphatic carbocycles. The Morgan fingerprint density at radius 1 is 1.18 bits per heavy atom. The highest BCUT2D eigenvalue weighted by Crippen LogP contribution is 2.34. The van der Waals surface area contributed by atoms with Gasteiger partial charge < -0.3 is 15.7 Å². The molecule has 0 aromatic carbocycles. The molecule has 1 rings (SSSR count). The molecule has 0 aromatic rings. The van der Waals surface area contributed by atoms with Gasteiger partial charge in [0.15, 0.2) is 0 Å². The lowest BCUT2D eigenvalue weighted by Crippen LogP contribution is -2.42. The molecule has 0 spiro atoms. The summed E-state index contributed by atoms with van der Waals surface area (Å²) in [6.07, 6.45) is 3.35. The Morgan fingerprint density at radius 3 is 2.12 bits per heavy atom. The van der Waals surface area contributed by atoms with Crippen LogP contribution in [0.1, 0.15) is 47.0 Å². The minimum atomic E-state index is -0.694. The third-order valence-corrected chi connectivity index (χ3v) is 4.22. The second-order valence-corrected chi connectivity index (χ2v) is 6.93. The molecule has 1 fully saturated rings. The van der Waals surface area contributed by atoms with E-state index >= 15 is 0 Å². The summed E-state index contributed by atoms with van der Waals surface area (Å²) in [5, 5.41) is 9.88. The lowest BCUT2D eigenvalue weighted by molar-refractivity contribution is 0.0372. The van der Waals surface area contributed by atoms with Gasteiger partial charge in [-0.1, -0.05) is 20.8 Å². The van der Waals surface area contributed by atoms with Crippen molar-refractivity contribution in [2.75, 3.05) is 26.2 Å². The van der Waals surface area contributed by atoms with Crippen LogP contribution < -0.4 is 5.73 Å². The van der Waals surface area contributed by atoms with Crippen molar-refractivity contribution in [3.05, 3.63) is 0 Å². The van der Waals surface area contributed by atoms with E-state index in [-0.39, 0.29) is 0 Å². The zero-order chi connectivity index (χ0) is 13.1. The molecule has 0 saturated carbocycles. The van der Waals surface area contributed by atoms with Gasteiger partial charge in [-0.25, -0.2) is 0 Å². The van der Waals surface area contributed by atoms with Crippen LogP contribution in [0.5, 0.6) is 0 Å². The Bertz CT molecular complexity index is 225. The van der Waals surface area contributed by atoms with Crippen LogP contribution in [-0.4, -0.2) is 41.8 Å². The molecule has 3 nitrogen and oxygen atoms in total. The predicted molar refractivity (Wildman–Crippen MR) is 72.9 cm³/mol. The van der Waals surface area contributed by atoms with Crippen LogP contribution in [0, 0.1) is 11.3 Å². The van der Waals surface area contributed by atoms with E-state index in [1.807, 2.05) is 6.92 Å². The molecule has 1 unspecified atom stereocenters. The van der Waals surface area contributed by atoms with Crippen molar-refractivity contribution in [3.8, 4) is 0 Å². The maximum Gasteiger partial charge on any atom is 0.0753 e. The maximum atomic E-state index is 9.88. The summed E-state index contributed by atoms with van der Waals surface area (Å²) in [5.41, 5.74) is 5.28. The van der Waals surface area contributed by atoms with Crippen molar-refractivity contribution in [2.24, 2.45) is 17.1 Å². The maximum absolute atomic E-state index is 9.88. The van der Waals surface area contributed by atoms with E-state index in [1.54, 1.807) is 0 Å². The molecular formula is C14H30N2O. The summed E-state index contributed by atoms with van der Waals surface area (Å²) < 4.78 is 0. The predicted octanol–water partition coefficient (Wildman–Crippen LogP) is 1.84. The standard InChI is InChI=1S/C14H30N2O/c1-13(2,3)12-5-8-16(9-6-12)10-7-14(4,17)11-15/h12,17H,5-11,15H2,1-4H3. The number of nitrogens with two attached hydrogens (primary N) is 1. The van der Waals surface area contributed by atoms with Crippen LogP contribution in [0.25, 0.3) is 0 Å². The first-order valence-electron chi connectivity index (χ1n) is 6.89. The van der Waals surface area contributed by atoms with Gasteiger partial charge in [0.05, 0.1) is 5.60 Å². The fraction of sp³-hybridized carbons (Fsp3) is 1.00. The van der Waals surface area contributed by atoms with Gasteiger partial charge in [0.1, 0.15) is 0 Å². The van der Waals surface area contributed by atoms with Crippen LogP contribution in [0.4, 0.5) is 0 Å². The van der Waals surface area contributed by atoms with Crippen LogP contribution in [0.15, 0.2) is 0 Å². The Morgan fingerprint density at radius 2 is 1.71 bits per heavy atom. The topological polar surface area (TPSA) is 49.5 Å². The van der Waals surface area contributed by atoms with Crippen LogP contribution in [0.2, 0.25) is 0 Å². The average molecular weight is 242 g/mol. The zero-order valence-electron chi connectivity index (χ0n) is 12.0. The molecule has 0 radical (unpaired) electrons. The van der Waals surface area contributed by atoms with Gasteiger partial charge in [0, 0.05) is 13.1 Å². The van der Waals surface area contributed by atoms with E-state index in [4.69, 9.17) is 5.73 Å². The first-order valence-corrected chi connectivity index (χ1v) is 6.89. The Kier molecular flexibility index (Phi) is 4.99. The number of rotatable bonds is 4. The normalized spacial score (nSPS) is 23.6. The van der Waals surface area contributed by atoms with E-state index in [1.165, 1.54) is 25.9 Å². The second-order valence-electron chi connectivity index (χ2n) is 6.93. The molecule has 3 N–H and O–H groups in total. The summed E-state index contributed by atoms with van der Waals surface area (Å²) in [6.45, 7) is 12.5. The van der Waals surface area contributed by atoms with Gasteiger partial charge >= 0.3 is 0 Å². The molecule has 1 heterocycles. The molecule has 1 atom stereocenters. The van der Waals surface area contributed by atoms with Gasteiger partial charge in [0.25, 0.3) is 0 Å². The first-order chi connectivity index (χ1) is 7.74. The van der Waals surface area contributed by atoms with Gasteiger partial charge in [-0.2, -0.15) is 0 Å². The molecule has 1 aliphatic heterocycles. The molecule has 102 valence electrons. The third kappa shape index (κ3) is 4.94. The van der Waals surface area contributed by atoms with E-state index in [0.29, 0.717) is 12.0 Å². The van der Waals surface area contributed by atoms with Crippen LogP contribution in [-0.2, 0) is 0 Å². The van der Waals surface area contributed by atoms with E-state index in [2.05, 4.69) is 25.7 Å². The highest BCUT2D eigenvalue weighted by molar-refractivity contribution is 4.82. The summed E-state index contributed by atoms with van der Waals surface area (Å²) >= 11 is 0. The molecule has 1 aliphatic rings. The zero-order valence-corrected chi connectivity index (χ0v) is 12.0. The van der Waals surface area contributed by atoms with Crippen molar-refractivity contribution in [2.45, 2.75) is 52.6 Å². The van der Waals surface area contributed by atoms with Crippen molar-refractivity contribution in [1.82, 2.24) is 4.90 Å². The SMILES string of the molecule is CC(O)(CN)CCN1CCC(C(C)(C)C)CC1. The largest absolute Gasteiger partial charge is 0.389 e. The summed E-state index contributed by atoms with van der Waals surface area (Å²) in [7, 11) is 0. The quantitative estimate of drug-likeness (QED) is 0.791. The third-order valence-electron chi connectivity index (χ3n) is 4.22. The second kappa shape index (κ2) is 5.68. The number of nitrogens with zero attached hydrogens (tertiary/aromatic N) is 1. The summed E-state index contributed by atoms with van der Waals surface area (Å²) in [6, 6.07) is 0. The number of piperidine rings is 1. The molecule has 17 heavy (non-hydrogen) atoms. The van der Waals surface area contributed by atoms with E-state index < -0.39 is 5.60 Å². The van der Waals surface area contributed by atoms with Gasteiger partial charge in [-0.3, -0.25) is 0 Å².